The van der Waals surface area contributed by atoms with Crippen molar-refractivity contribution in [2.24, 2.45) is 23.2 Å². The van der Waals surface area contributed by atoms with Crippen LogP contribution in [0.3, 0.4) is 0 Å². The second-order valence-corrected chi connectivity index (χ2v) is 11.1. The molecule has 1 N–H and O–H groups in total. The van der Waals surface area contributed by atoms with Crippen molar-refractivity contribution in [1.29, 1.82) is 0 Å². The number of carbonyl (C=O) groups excluding carboxylic acids is 2. The van der Waals surface area contributed by atoms with Gasteiger partial charge in [-0.05, 0) is 69.6 Å². The number of aliphatic hydroxyl groups excluding tert-OH is 1. The Morgan fingerprint density at radius 3 is 2.44 bits per heavy atom. The van der Waals surface area contributed by atoms with Crippen molar-refractivity contribution in [2.75, 3.05) is 7.11 Å². The lowest BCUT2D eigenvalue weighted by atomic mass is 9.73. The summed E-state index contributed by atoms with van der Waals surface area (Å²) in [5.74, 6) is 0.785. The average molecular weight is 497 g/mol. The molecule has 0 bridgehead atoms. The van der Waals surface area contributed by atoms with E-state index in [4.69, 9.17) is 4.74 Å². The summed E-state index contributed by atoms with van der Waals surface area (Å²) in [6.45, 7) is 17.5. The van der Waals surface area contributed by atoms with Gasteiger partial charge in [0.2, 0.25) is 0 Å². The Hall–Kier alpha value is -2.46. The lowest BCUT2D eigenvalue weighted by molar-refractivity contribution is -0.139. The third-order valence-corrected chi connectivity index (χ3v) is 7.18. The Kier molecular flexibility index (Phi) is 13.1. The molecule has 0 amide bonds. The van der Waals surface area contributed by atoms with Gasteiger partial charge in [-0.15, -0.1) is 0 Å². The SMILES string of the molecule is C=C\C=C(/C=C(C)/C=C(\C)[C@H]1C/C=C(/C)C/C=C/C(C)C[C@@H](C)C(=O)C(C)(C)[C@@H](O)CC(=O)C1)OC. The van der Waals surface area contributed by atoms with E-state index in [0.717, 1.165) is 30.4 Å². The molecule has 0 aromatic heterocycles. The van der Waals surface area contributed by atoms with Crippen LogP contribution in [0.15, 0.2) is 71.6 Å². The first-order chi connectivity index (χ1) is 16.8. The molecule has 0 spiro atoms. The third kappa shape index (κ3) is 10.3. The van der Waals surface area contributed by atoms with E-state index in [2.05, 4.69) is 44.7 Å². The summed E-state index contributed by atoms with van der Waals surface area (Å²) in [5, 5.41) is 10.9. The predicted octanol–water partition coefficient (Wildman–Crippen LogP) is 7.48. The maximum absolute atomic E-state index is 13.2. The molecular weight excluding hydrogens is 448 g/mol. The average Bonchev–Trinajstić information content (AvgIpc) is 2.79. The molecular formula is C32H48O4. The van der Waals surface area contributed by atoms with Crippen LogP contribution in [0.25, 0.3) is 0 Å². The minimum atomic E-state index is -1.00. The highest BCUT2D eigenvalue weighted by Gasteiger charge is 2.39. The zero-order valence-corrected chi connectivity index (χ0v) is 23.8. The predicted molar refractivity (Wildman–Crippen MR) is 150 cm³/mol. The number of hydrogen-bond donors (Lipinski definition) is 1. The summed E-state index contributed by atoms with van der Waals surface area (Å²) >= 11 is 0. The van der Waals surface area contributed by atoms with Crippen LogP contribution < -0.4 is 0 Å². The first kappa shape index (κ1) is 31.6. The molecule has 1 aliphatic carbocycles. The van der Waals surface area contributed by atoms with Gasteiger partial charge >= 0.3 is 0 Å². The molecule has 0 saturated heterocycles. The highest BCUT2D eigenvalue weighted by Crippen LogP contribution is 2.32. The van der Waals surface area contributed by atoms with Crippen LogP contribution in [0.2, 0.25) is 0 Å². The van der Waals surface area contributed by atoms with Crippen molar-refractivity contribution in [2.45, 2.75) is 86.7 Å². The number of allylic oxidation sites excluding steroid dienone is 10. The zero-order chi connectivity index (χ0) is 27.5. The van der Waals surface area contributed by atoms with Gasteiger partial charge in [-0.1, -0.05) is 75.8 Å². The molecule has 0 fully saturated rings. The number of Topliss-reactive ketones (excluding diaryl/α,β-unsaturated/α-hetero) is 2. The summed E-state index contributed by atoms with van der Waals surface area (Å²) in [7, 11) is 1.62. The smallest absolute Gasteiger partial charge is 0.143 e. The van der Waals surface area contributed by atoms with Gasteiger partial charge in [0.15, 0.2) is 0 Å². The Bertz CT molecular complexity index is 926. The van der Waals surface area contributed by atoms with E-state index in [1.54, 1.807) is 33.1 Å². The van der Waals surface area contributed by atoms with Gasteiger partial charge in [-0.2, -0.15) is 0 Å². The Morgan fingerprint density at radius 1 is 1.17 bits per heavy atom. The van der Waals surface area contributed by atoms with Gasteiger partial charge < -0.3 is 9.84 Å². The summed E-state index contributed by atoms with van der Waals surface area (Å²) in [5.41, 5.74) is 2.39. The lowest BCUT2D eigenvalue weighted by Gasteiger charge is -2.32. The molecule has 1 rings (SSSR count). The van der Waals surface area contributed by atoms with Gasteiger partial charge in [0, 0.05) is 24.2 Å². The van der Waals surface area contributed by atoms with Gasteiger partial charge in [-0.25, -0.2) is 0 Å². The van der Waals surface area contributed by atoms with Crippen LogP contribution >= 0.6 is 0 Å². The fourth-order valence-corrected chi connectivity index (χ4v) is 4.75. The first-order valence-electron chi connectivity index (χ1n) is 13.1. The molecule has 0 aromatic carbocycles. The highest BCUT2D eigenvalue weighted by molar-refractivity contribution is 5.88. The van der Waals surface area contributed by atoms with E-state index in [1.807, 2.05) is 26.8 Å². The van der Waals surface area contributed by atoms with E-state index in [1.165, 1.54) is 5.57 Å². The molecule has 0 aliphatic heterocycles. The monoisotopic (exact) mass is 496 g/mol. The molecule has 200 valence electrons. The standard InChI is InChI=1S/C32H48O4/c1-10-12-29(36-9)19-24(4)18-25(5)27-16-15-22(2)13-11-14-23(3)17-26(6)31(35)32(7,8)30(34)21-28(33)20-27/h10-12,14-15,18-19,23,26-27,30,34H,1,13,16-17,20-21H2,2-9H3/b14-11+,22-15-,24-19+,25-18+,29-12+/t23?,26-,27+,30+/m1/s1. The Balaban J connectivity index is 3.32. The summed E-state index contributed by atoms with van der Waals surface area (Å²) < 4.78 is 5.37. The fraction of sp³-hybridized carbons (Fsp3) is 0.562. The molecule has 4 atom stereocenters. The van der Waals surface area contributed by atoms with E-state index >= 15 is 0 Å². The van der Waals surface area contributed by atoms with Crippen LogP contribution in [0.1, 0.15) is 80.6 Å². The molecule has 4 nitrogen and oxygen atoms in total. The number of hydrogen-bond acceptors (Lipinski definition) is 4. The topological polar surface area (TPSA) is 63.6 Å². The van der Waals surface area contributed by atoms with Crippen LogP contribution in [0.5, 0.6) is 0 Å². The molecule has 1 unspecified atom stereocenters. The maximum atomic E-state index is 13.2. The number of aliphatic hydroxyl groups is 1. The van der Waals surface area contributed by atoms with Crippen LogP contribution in [-0.2, 0) is 14.3 Å². The van der Waals surface area contributed by atoms with Crippen molar-refractivity contribution in [3.05, 3.63) is 71.6 Å². The number of ketones is 2. The van der Waals surface area contributed by atoms with E-state index in [0.29, 0.717) is 12.2 Å². The molecule has 36 heavy (non-hydrogen) atoms. The minimum Gasteiger partial charge on any atom is -0.497 e. The minimum absolute atomic E-state index is 0.00549. The molecule has 0 aromatic rings. The zero-order valence-electron chi connectivity index (χ0n) is 23.8. The van der Waals surface area contributed by atoms with Gasteiger partial charge in [0.25, 0.3) is 0 Å². The van der Waals surface area contributed by atoms with Crippen molar-refractivity contribution < 1.29 is 19.4 Å². The normalized spacial score (nSPS) is 30.4. The molecule has 0 radical (unpaired) electrons. The molecule has 1 aliphatic rings. The quantitative estimate of drug-likeness (QED) is 0.243. The van der Waals surface area contributed by atoms with Crippen LogP contribution in [0, 0.1) is 23.2 Å². The van der Waals surface area contributed by atoms with Crippen molar-refractivity contribution >= 4 is 11.6 Å². The summed E-state index contributed by atoms with van der Waals surface area (Å²) in [6, 6.07) is 0. The second kappa shape index (κ2) is 14.9. The van der Waals surface area contributed by atoms with Crippen LogP contribution in [-0.4, -0.2) is 29.9 Å². The number of carbonyl (C=O) groups is 2. The largest absolute Gasteiger partial charge is 0.497 e. The van der Waals surface area contributed by atoms with Crippen molar-refractivity contribution in [1.82, 2.24) is 0 Å². The van der Waals surface area contributed by atoms with Gasteiger partial charge in [-0.3, -0.25) is 9.59 Å². The Labute approximate surface area is 219 Å². The molecule has 4 heteroatoms. The van der Waals surface area contributed by atoms with E-state index in [-0.39, 0.29) is 35.7 Å². The van der Waals surface area contributed by atoms with Gasteiger partial charge in [0.1, 0.15) is 17.3 Å². The van der Waals surface area contributed by atoms with Crippen molar-refractivity contribution in [3.8, 4) is 0 Å². The molecule has 0 heterocycles. The fourth-order valence-electron chi connectivity index (χ4n) is 4.75. The molecule has 0 saturated carbocycles. The van der Waals surface area contributed by atoms with Crippen LogP contribution in [0.4, 0.5) is 0 Å². The van der Waals surface area contributed by atoms with Gasteiger partial charge in [0.05, 0.1) is 13.2 Å². The maximum Gasteiger partial charge on any atom is 0.143 e. The van der Waals surface area contributed by atoms with Crippen molar-refractivity contribution in [3.63, 3.8) is 0 Å². The van der Waals surface area contributed by atoms with E-state index < -0.39 is 11.5 Å². The lowest BCUT2D eigenvalue weighted by Crippen LogP contribution is -2.41. The summed E-state index contributed by atoms with van der Waals surface area (Å²) in [6.07, 6.45) is 15.7. The van der Waals surface area contributed by atoms with E-state index in [9.17, 15) is 14.7 Å². The second-order valence-electron chi connectivity index (χ2n) is 11.1. The summed E-state index contributed by atoms with van der Waals surface area (Å²) in [4.78, 5) is 26.3. The third-order valence-electron chi connectivity index (χ3n) is 7.18. The highest BCUT2D eigenvalue weighted by atomic mass is 16.5. The number of ether oxygens (including phenoxy) is 1. The number of rotatable bonds is 5. The first-order valence-corrected chi connectivity index (χ1v) is 13.1. The Morgan fingerprint density at radius 2 is 1.83 bits per heavy atom. The number of methoxy groups -OCH3 is 1.